The molecule has 17 heavy (non-hydrogen) atoms. The third kappa shape index (κ3) is 2.91. The van der Waals surface area contributed by atoms with Gasteiger partial charge >= 0.3 is 0 Å². The number of rotatable bonds is 3. The van der Waals surface area contributed by atoms with Gasteiger partial charge in [0.1, 0.15) is 0 Å². The normalized spacial score (nSPS) is 10.2. The van der Waals surface area contributed by atoms with E-state index < -0.39 is 0 Å². The average Bonchev–Trinajstić information content (AvgIpc) is 2.75. The van der Waals surface area contributed by atoms with E-state index in [2.05, 4.69) is 4.98 Å². The maximum atomic E-state index is 12.0. The molecular formula is C13H14N2OS. The van der Waals surface area contributed by atoms with Crippen molar-refractivity contribution in [1.29, 1.82) is 0 Å². The number of nitrogens with zero attached hydrogens (tertiary/aromatic N) is 2. The van der Waals surface area contributed by atoms with Crippen molar-refractivity contribution in [2.75, 3.05) is 11.9 Å². The Hall–Kier alpha value is -1.68. The number of aromatic nitrogens is 1. The van der Waals surface area contributed by atoms with E-state index in [0.29, 0.717) is 6.42 Å². The van der Waals surface area contributed by atoms with Crippen molar-refractivity contribution in [2.24, 2.45) is 0 Å². The molecule has 1 aromatic carbocycles. The highest BCUT2D eigenvalue weighted by Gasteiger charge is 2.12. The maximum Gasteiger partial charge on any atom is 0.232 e. The number of anilines is 1. The second kappa shape index (κ2) is 5.10. The Morgan fingerprint density at radius 2 is 2.06 bits per heavy atom. The van der Waals surface area contributed by atoms with E-state index >= 15 is 0 Å². The summed E-state index contributed by atoms with van der Waals surface area (Å²) in [6.45, 7) is 1.94. The van der Waals surface area contributed by atoms with Crippen LogP contribution in [-0.2, 0) is 11.2 Å². The number of thiazole rings is 1. The molecule has 0 fully saturated rings. The van der Waals surface area contributed by atoms with Crippen LogP contribution in [0.4, 0.5) is 5.69 Å². The quantitative estimate of drug-likeness (QED) is 0.834. The highest BCUT2D eigenvalue weighted by molar-refractivity contribution is 7.09. The number of hydrogen-bond donors (Lipinski definition) is 0. The van der Waals surface area contributed by atoms with Gasteiger partial charge in [-0.15, -0.1) is 11.3 Å². The standard InChI is InChI=1S/C13H14N2OS/c1-10-14-11(9-17-10)8-13(16)15(2)12-6-4-3-5-7-12/h3-7,9H,8H2,1-2H3. The minimum Gasteiger partial charge on any atom is -0.315 e. The van der Waals surface area contributed by atoms with Crippen LogP contribution < -0.4 is 4.90 Å². The van der Waals surface area contributed by atoms with Gasteiger partial charge in [0.25, 0.3) is 0 Å². The molecule has 88 valence electrons. The zero-order chi connectivity index (χ0) is 12.3. The predicted molar refractivity (Wildman–Crippen MR) is 70.4 cm³/mol. The van der Waals surface area contributed by atoms with Gasteiger partial charge in [-0.25, -0.2) is 4.98 Å². The van der Waals surface area contributed by atoms with Gasteiger partial charge in [-0.05, 0) is 19.1 Å². The fraction of sp³-hybridized carbons (Fsp3) is 0.231. The summed E-state index contributed by atoms with van der Waals surface area (Å²) >= 11 is 1.57. The summed E-state index contributed by atoms with van der Waals surface area (Å²) in [7, 11) is 1.79. The van der Waals surface area contributed by atoms with E-state index in [1.165, 1.54) is 0 Å². The second-order valence-corrected chi connectivity index (χ2v) is 4.89. The lowest BCUT2D eigenvalue weighted by Crippen LogP contribution is -2.27. The van der Waals surface area contributed by atoms with E-state index in [1.54, 1.807) is 23.3 Å². The summed E-state index contributed by atoms with van der Waals surface area (Å²) in [5, 5.41) is 2.93. The lowest BCUT2D eigenvalue weighted by atomic mass is 10.2. The molecule has 2 rings (SSSR count). The van der Waals surface area contributed by atoms with Crippen molar-refractivity contribution in [3.05, 3.63) is 46.4 Å². The van der Waals surface area contributed by atoms with Gasteiger partial charge in [-0.2, -0.15) is 0 Å². The highest BCUT2D eigenvalue weighted by atomic mass is 32.1. The number of amides is 1. The summed E-state index contributed by atoms with van der Waals surface area (Å²) in [6, 6.07) is 9.62. The SMILES string of the molecule is Cc1nc(CC(=O)N(C)c2ccccc2)cs1. The van der Waals surface area contributed by atoms with E-state index in [0.717, 1.165) is 16.4 Å². The number of para-hydroxylation sites is 1. The fourth-order valence-electron chi connectivity index (χ4n) is 1.56. The number of hydrogen-bond acceptors (Lipinski definition) is 3. The molecule has 2 aromatic rings. The first kappa shape index (κ1) is 11.8. The number of carbonyl (C=O) groups excluding carboxylic acids is 1. The van der Waals surface area contributed by atoms with Crippen LogP contribution in [0.2, 0.25) is 0 Å². The Kier molecular flexibility index (Phi) is 3.54. The minimum atomic E-state index is 0.0569. The second-order valence-electron chi connectivity index (χ2n) is 3.82. The van der Waals surface area contributed by atoms with Crippen LogP contribution in [0, 0.1) is 6.92 Å². The van der Waals surface area contributed by atoms with E-state index in [4.69, 9.17) is 0 Å². The van der Waals surface area contributed by atoms with Gasteiger partial charge in [-0.3, -0.25) is 4.79 Å². The monoisotopic (exact) mass is 246 g/mol. The molecule has 0 bridgehead atoms. The van der Waals surface area contributed by atoms with Gasteiger partial charge < -0.3 is 4.90 Å². The molecule has 4 heteroatoms. The summed E-state index contributed by atoms with van der Waals surface area (Å²) < 4.78 is 0. The molecule has 0 saturated carbocycles. The van der Waals surface area contributed by atoms with Crippen LogP contribution in [0.25, 0.3) is 0 Å². The van der Waals surface area contributed by atoms with Crippen LogP contribution in [0.15, 0.2) is 35.7 Å². The molecule has 0 aliphatic rings. The Labute approximate surface area is 105 Å². The molecule has 0 radical (unpaired) electrons. The Bertz CT molecular complexity index is 507. The van der Waals surface area contributed by atoms with Crippen molar-refractivity contribution in [3.8, 4) is 0 Å². The molecule has 0 spiro atoms. The van der Waals surface area contributed by atoms with Gasteiger partial charge in [-0.1, -0.05) is 18.2 Å². The average molecular weight is 246 g/mol. The van der Waals surface area contributed by atoms with Crippen LogP contribution in [0.3, 0.4) is 0 Å². The molecular weight excluding hydrogens is 232 g/mol. The molecule has 0 unspecified atom stereocenters. The fourth-order valence-corrected chi connectivity index (χ4v) is 2.17. The highest BCUT2D eigenvalue weighted by Crippen LogP contribution is 2.14. The lowest BCUT2D eigenvalue weighted by Gasteiger charge is -2.16. The Balaban J connectivity index is 2.06. The Morgan fingerprint density at radius 1 is 1.35 bits per heavy atom. The summed E-state index contributed by atoms with van der Waals surface area (Å²) in [5.41, 5.74) is 1.75. The molecule has 1 heterocycles. The first-order chi connectivity index (χ1) is 8.16. The molecule has 3 nitrogen and oxygen atoms in total. The van der Waals surface area contributed by atoms with Crippen molar-refractivity contribution in [2.45, 2.75) is 13.3 Å². The summed E-state index contributed by atoms with van der Waals surface area (Å²) in [6.07, 6.45) is 0.357. The van der Waals surface area contributed by atoms with E-state index in [-0.39, 0.29) is 5.91 Å². The zero-order valence-electron chi connectivity index (χ0n) is 9.88. The molecule has 0 atom stereocenters. The first-order valence-electron chi connectivity index (χ1n) is 5.39. The summed E-state index contributed by atoms with van der Waals surface area (Å²) in [5.74, 6) is 0.0569. The molecule has 0 saturated heterocycles. The van der Waals surface area contributed by atoms with Crippen LogP contribution in [0.5, 0.6) is 0 Å². The molecule has 1 aromatic heterocycles. The predicted octanol–water partition coefficient (Wildman–Crippen LogP) is 2.66. The minimum absolute atomic E-state index is 0.0569. The molecule has 0 aliphatic heterocycles. The van der Waals surface area contributed by atoms with Gasteiger partial charge in [0.05, 0.1) is 17.1 Å². The number of likely N-dealkylation sites (N-methyl/N-ethyl adjacent to an activating group) is 1. The van der Waals surface area contributed by atoms with Crippen molar-refractivity contribution in [1.82, 2.24) is 4.98 Å². The number of aryl methyl sites for hydroxylation is 1. The largest absolute Gasteiger partial charge is 0.315 e. The number of carbonyl (C=O) groups is 1. The topological polar surface area (TPSA) is 33.2 Å². The zero-order valence-corrected chi connectivity index (χ0v) is 10.7. The lowest BCUT2D eigenvalue weighted by molar-refractivity contribution is -0.117. The van der Waals surface area contributed by atoms with Gasteiger partial charge in [0.2, 0.25) is 5.91 Å². The third-order valence-corrected chi connectivity index (χ3v) is 3.34. The molecule has 0 aliphatic carbocycles. The van der Waals surface area contributed by atoms with Crippen molar-refractivity contribution < 1.29 is 4.79 Å². The maximum absolute atomic E-state index is 12.0. The van der Waals surface area contributed by atoms with Crippen LogP contribution in [0.1, 0.15) is 10.7 Å². The number of benzene rings is 1. The van der Waals surface area contributed by atoms with E-state index in [1.807, 2.05) is 42.6 Å². The Morgan fingerprint density at radius 3 is 2.65 bits per heavy atom. The van der Waals surface area contributed by atoms with E-state index in [9.17, 15) is 4.79 Å². The van der Waals surface area contributed by atoms with Crippen LogP contribution in [-0.4, -0.2) is 17.9 Å². The van der Waals surface area contributed by atoms with Gasteiger partial charge in [0, 0.05) is 18.1 Å². The molecule has 0 N–H and O–H groups in total. The molecule has 1 amide bonds. The smallest absolute Gasteiger partial charge is 0.232 e. The van der Waals surface area contributed by atoms with Gasteiger partial charge in [0.15, 0.2) is 0 Å². The first-order valence-corrected chi connectivity index (χ1v) is 6.27. The summed E-state index contributed by atoms with van der Waals surface area (Å²) in [4.78, 5) is 18.0. The third-order valence-electron chi connectivity index (χ3n) is 2.52. The van der Waals surface area contributed by atoms with Crippen LogP contribution >= 0.6 is 11.3 Å². The van der Waals surface area contributed by atoms with Crippen molar-refractivity contribution >= 4 is 22.9 Å². The van der Waals surface area contributed by atoms with Crippen molar-refractivity contribution in [3.63, 3.8) is 0 Å².